The summed E-state index contributed by atoms with van der Waals surface area (Å²) in [6.45, 7) is 1.68. The van der Waals surface area contributed by atoms with Crippen molar-refractivity contribution in [2.45, 2.75) is 25.8 Å². The largest absolute Gasteiger partial charge is 0.376 e. The monoisotopic (exact) mass is 368 g/mol. The molecule has 0 heterocycles. The Bertz CT molecular complexity index is 893. The quantitative estimate of drug-likeness (QED) is 0.514. The van der Waals surface area contributed by atoms with Gasteiger partial charge in [0.1, 0.15) is 0 Å². The number of nitrogens with one attached hydrogen (secondary N) is 3. The zero-order valence-electron chi connectivity index (χ0n) is 14.8. The second-order valence-corrected chi connectivity index (χ2v) is 6.45. The molecule has 8 nitrogen and oxygen atoms in total. The van der Waals surface area contributed by atoms with E-state index in [1.807, 2.05) is 0 Å². The lowest BCUT2D eigenvalue weighted by molar-refractivity contribution is -0.384. The zero-order chi connectivity index (χ0) is 19.4. The van der Waals surface area contributed by atoms with Crippen molar-refractivity contribution in [3.63, 3.8) is 0 Å². The molecule has 0 saturated heterocycles. The van der Waals surface area contributed by atoms with Crippen LogP contribution in [0.4, 0.5) is 17.1 Å². The van der Waals surface area contributed by atoms with E-state index in [1.165, 1.54) is 12.1 Å². The van der Waals surface area contributed by atoms with Crippen LogP contribution in [0.5, 0.6) is 0 Å². The fourth-order valence-corrected chi connectivity index (χ4v) is 2.55. The van der Waals surface area contributed by atoms with Gasteiger partial charge >= 0.3 is 0 Å². The van der Waals surface area contributed by atoms with E-state index < -0.39 is 4.92 Å². The molecule has 27 heavy (non-hydrogen) atoms. The summed E-state index contributed by atoms with van der Waals surface area (Å²) in [5, 5.41) is 19.4. The molecule has 0 aromatic heterocycles. The molecular weight excluding hydrogens is 348 g/mol. The van der Waals surface area contributed by atoms with Gasteiger partial charge in [-0.3, -0.25) is 19.7 Å². The van der Waals surface area contributed by atoms with Crippen LogP contribution < -0.4 is 16.0 Å². The lowest BCUT2D eigenvalue weighted by Gasteiger charge is -2.13. The number of carbonyl (C=O) groups is 2. The topological polar surface area (TPSA) is 113 Å². The molecular formula is C19H20N4O4. The van der Waals surface area contributed by atoms with Crippen molar-refractivity contribution < 1.29 is 14.5 Å². The average molecular weight is 368 g/mol. The number of nitrogens with zero attached hydrogens (tertiary/aromatic N) is 1. The number of hydrogen-bond donors (Lipinski definition) is 3. The van der Waals surface area contributed by atoms with Crippen LogP contribution in [-0.2, 0) is 4.79 Å². The molecule has 2 amide bonds. The van der Waals surface area contributed by atoms with Crippen LogP contribution in [0.2, 0.25) is 0 Å². The summed E-state index contributed by atoms with van der Waals surface area (Å²) in [6.07, 6.45) is 1.98. The highest BCUT2D eigenvalue weighted by atomic mass is 16.6. The minimum absolute atomic E-state index is 0.0736. The minimum atomic E-state index is -0.512. The van der Waals surface area contributed by atoms with E-state index >= 15 is 0 Å². The van der Waals surface area contributed by atoms with Gasteiger partial charge in [0.2, 0.25) is 5.91 Å². The summed E-state index contributed by atoms with van der Waals surface area (Å²) in [5.74, 6) is -0.536. The predicted octanol–water partition coefficient (Wildman–Crippen LogP) is 2.85. The lowest BCUT2D eigenvalue weighted by atomic mass is 10.1. The number of rotatable bonds is 7. The van der Waals surface area contributed by atoms with E-state index in [0.717, 1.165) is 18.4 Å². The van der Waals surface area contributed by atoms with Gasteiger partial charge in [0, 0.05) is 23.9 Å². The van der Waals surface area contributed by atoms with Crippen LogP contribution in [0.15, 0.2) is 42.5 Å². The van der Waals surface area contributed by atoms with Crippen molar-refractivity contribution in [1.29, 1.82) is 0 Å². The van der Waals surface area contributed by atoms with Gasteiger partial charge in [-0.1, -0.05) is 18.2 Å². The smallest absolute Gasteiger partial charge is 0.271 e. The summed E-state index contributed by atoms with van der Waals surface area (Å²) < 4.78 is 0. The fraction of sp³-hybridized carbons (Fsp3) is 0.263. The third kappa shape index (κ3) is 4.81. The molecule has 0 radical (unpaired) electrons. The van der Waals surface area contributed by atoms with Gasteiger partial charge in [-0.25, -0.2) is 0 Å². The summed E-state index contributed by atoms with van der Waals surface area (Å²) >= 11 is 0. The Morgan fingerprint density at radius 2 is 1.89 bits per heavy atom. The maximum absolute atomic E-state index is 12.3. The molecule has 3 rings (SSSR count). The van der Waals surface area contributed by atoms with E-state index in [2.05, 4.69) is 16.0 Å². The van der Waals surface area contributed by atoms with E-state index in [9.17, 15) is 19.7 Å². The Morgan fingerprint density at radius 3 is 2.59 bits per heavy atom. The molecule has 0 unspecified atom stereocenters. The highest BCUT2D eigenvalue weighted by molar-refractivity contribution is 6.01. The van der Waals surface area contributed by atoms with Crippen molar-refractivity contribution in [2.75, 3.05) is 17.2 Å². The Labute approximate surface area is 156 Å². The second-order valence-electron chi connectivity index (χ2n) is 6.45. The van der Waals surface area contributed by atoms with E-state index in [4.69, 9.17) is 0 Å². The number of amides is 2. The summed E-state index contributed by atoms with van der Waals surface area (Å²) in [7, 11) is 0. The molecule has 8 heteroatoms. The van der Waals surface area contributed by atoms with Gasteiger partial charge in [-0.05, 0) is 37.5 Å². The Kier molecular flexibility index (Phi) is 5.35. The standard InChI is InChI=1S/C19H20N4O4/c1-12-6-9-14(23(26)27)10-17(12)22-18(24)11-20-16-5-3-2-4-15(16)19(25)21-13-7-8-13/h2-6,9-10,13,20H,7-8,11H2,1H3,(H,21,25)(H,22,24). The van der Waals surface area contributed by atoms with Crippen molar-refractivity contribution >= 4 is 28.9 Å². The molecule has 2 aromatic carbocycles. The van der Waals surface area contributed by atoms with Crippen molar-refractivity contribution in [3.8, 4) is 0 Å². The molecule has 1 aliphatic carbocycles. The molecule has 0 aliphatic heterocycles. The number of nitro benzene ring substituents is 1. The molecule has 2 aromatic rings. The maximum Gasteiger partial charge on any atom is 0.271 e. The Hall–Kier alpha value is -3.42. The number of benzene rings is 2. The molecule has 3 N–H and O–H groups in total. The molecule has 140 valence electrons. The van der Waals surface area contributed by atoms with Crippen molar-refractivity contribution in [3.05, 3.63) is 63.7 Å². The predicted molar refractivity (Wildman–Crippen MR) is 102 cm³/mol. The second kappa shape index (κ2) is 7.86. The van der Waals surface area contributed by atoms with Gasteiger partial charge < -0.3 is 16.0 Å². The molecule has 1 fully saturated rings. The number of hydrogen-bond acceptors (Lipinski definition) is 5. The summed E-state index contributed by atoms with van der Waals surface area (Å²) in [4.78, 5) is 34.9. The first kappa shape index (κ1) is 18.4. The Balaban J connectivity index is 1.64. The number of non-ortho nitro benzene ring substituents is 1. The Morgan fingerprint density at radius 1 is 1.15 bits per heavy atom. The highest BCUT2D eigenvalue weighted by Crippen LogP contribution is 2.23. The number of aryl methyl sites for hydroxylation is 1. The van der Waals surface area contributed by atoms with Gasteiger partial charge in [0.05, 0.1) is 22.7 Å². The SMILES string of the molecule is Cc1ccc([N+](=O)[O-])cc1NC(=O)CNc1ccccc1C(=O)NC1CC1. The van der Waals surface area contributed by atoms with Gasteiger partial charge in [-0.15, -0.1) is 0 Å². The molecule has 0 spiro atoms. The number of para-hydroxylation sites is 1. The molecule has 0 bridgehead atoms. The first-order chi connectivity index (χ1) is 12.9. The van der Waals surface area contributed by atoms with Crippen LogP contribution in [0.25, 0.3) is 0 Å². The third-order valence-corrected chi connectivity index (χ3v) is 4.23. The zero-order valence-corrected chi connectivity index (χ0v) is 14.8. The third-order valence-electron chi connectivity index (χ3n) is 4.23. The van der Waals surface area contributed by atoms with Crippen LogP contribution in [-0.4, -0.2) is 29.3 Å². The number of anilines is 2. The van der Waals surface area contributed by atoms with E-state index in [-0.39, 0.29) is 30.1 Å². The molecule has 0 atom stereocenters. The first-order valence-corrected chi connectivity index (χ1v) is 8.62. The number of carbonyl (C=O) groups excluding carboxylic acids is 2. The van der Waals surface area contributed by atoms with E-state index in [1.54, 1.807) is 37.3 Å². The molecule has 1 aliphatic rings. The van der Waals surface area contributed by atoms with Crippen LogP contribution in [0.3, 0.4) is 0 Å². The van der Waals surface area contributed by atoms with E-state index in [0.29, 0.717) is 16.9 Å². The lowest BCUT2D eigenvalue weighted by Crippen LogP contribution is -2.27. The minimum Gasteiger partial charge on any atom is -0.376 e. The molecule has 1 saturated carbocycles. The highest BCUT2D eigenvalue weighted by Gasteiger charge is 2.24. The van der Waals surface area contributed by atoms with Crippen molar-refractivity contribution in [1.82, 2.24) is 5.32 Å². The first-order valence-electron chi connectivity index (χ1n) is 8.62. The van der Waals surface area contributed by atoms with Gasteiger partial charge in [0.25, 0.3) is 11.6 Å². The van der Waals surface area contributed by atoms with Gasteiger partial charge in [0.15, 0.2) is 0 Å². The maximum atomic E-state index is 12.3. The van der Waals surface area contributed by atoms with Crippen molar-refractivity contribution in [2.24, 2.45) is 0 Å². The number of nitro groups is 1. The average Bonchev–Trinajstić information content (AvgIpc) is 3.45. The normalized spacial score (nSPS) is 12.9. The fourth-order valence-electron chi connectivity index (χ4n) is 2.55. The van der Waals surface area contributed by atoms with Crippen LogP contribution in [0, 0.1) is 17.0 Å². The summed E-state index contributed by atoms with van der Waals surface area (Å²) in [5.41, 5.74) is 2.05. The van der Waals surface area contributed by atoms with Gasteiger partial charge in [-0.2, -0.15) is 0 Å². The summed E-state index contributed by atoms with van der Waals surface area (Å²) in [6, 6.07) is 11.5. The van der Waals surface area contributed by atoms with Crippen LogP contribution in [0.1, 0.15) is 28.8 Å². The van der Waals surface area contributed by atoms with Crippen LogP contribution >= 0.6 is 0 Å².